The number of nitrogens with zero attached hydrogens (tertiary/aromatic N) is 2. The first-order valence-corrected chi connectivity index (χ1v) is 15.2. The fourth-order valence-electron chi connectivity index (χ4n) is 5.00. The van der Waals surface area contributed by atoms with Gasteiger partial charge in [-0.15, -0.1) is 11.3 Å². The molecule has 0 bridgehead atoms. The molecule has 210 valence electrons. The highest BCUT2D eigenvalue weighted by molar-refractivity contribution is 7.89. The normalized spacial score (nSPS) is 15.1. The van der Waals surface area contributed by atoms with Gasteiger partial charge in [-0.3, -0.25) is 9.59 Å². The van der Waals surface area contributed by atoms with Gasteiger partial charge in [-0.25, -0.2) is 13.2 Å². The lowest BCUT2D eigenvalue weighted by Gasteiger charge is -2.28. The molecule has 0 saturated heterocycles. The first-order valence-electron chi connectivity index (χ1n) is 13.0. The van der Waals surface area contributed by atoms with E-state index in [1.165, 1.54) is 47.0 Å². The van der Waals surface area contributed by atoms with Gasteiger partial charge >= 0.3 is 6.09 Å². The molecule has 0 spiro atoms. The number of ether oxygens (including phenoxy) is 1. The minimum absolute atomic E-state index is 0.111. The van der Waals surface area contributed by atoms with Gasteiger partial charge in [-0.1, -0.05) is 24.3 Å². The van der Waals surface area contributed by atoms with Gasteiger partial charge in [0.05, 0.1) is 23.6 Å². The second-order valence-electron chi connectivity index (χ2n) is 9.49. The quantitative estimate of drug-likeness (QED) is 0.458. The van der Waals surface area contributed by atoms with Gasteiger partial charge in [0.1, 0.15) is 5.00 Å². The number of amides is 3. The van der Waals surface area contributed by atoms with E-state index >= 15 is 0 Å². The van der Waals surface area contributed by atoms with Crippen LogP contribution in [-0.2, 0) is 40.7 Å². The molecule has 0 radical (unpaired) electrons. The van der Waals surface area contributed by atoms with Crippen LogP contribution in [0.15, 0.2) is 53.4 Å². The zero-order valence-electron chi connectivity index (χ0n) is 22.2. The molecule has 0 saturated carbocycles. The Morgan fingerprint density at radius 1 is 0.950 bits per heavy atom. The summed E-state index contributed by atoms with van der Waals surface area (Å²) in [5, 5.41) is 5.83. The third-order valence-electron chi connectivity index (χ3n) is 7.11. The maximum absolute atomic E-state index is 13.3. The lowest BCUT2D eigenvalue weighted by atomic mass is 10.0. The molecule has 2 N–H and O–H groups in total. The summed E-state index contributed by atoms with van der Waals surface area (Å²) in [7, 11) is -2.22. The van der Waals surface area contributed by atoms with Crippen molar-refractivity contribution >= 4 is 44.3 Å². The van der Waals surface area contributed by atoms with Crippen LogP contribution in [0, 0.1) is 0 Å². The average Bonchev–Trinajstić information content (AvgIpc) is 3.33. The third-order valence-corrected chi connectivity index (χ3v) is 10.1. The minimum atomic E-state index is -3.74. The number of carbonyl (C=O) groups excluding carboxylic acids is 3. The maximum atomic E-state index is 13.3. The van der Waals surface area contributed by atoms with Gasteiger partial charge in [0, 0.05) is 37.1 Å². The van der Waals surface area contributed by atoms with Crippen LogP contribution in [0.3, 0.4) is 0 Å². The van der Waals surface area contributed by atoms with Gasteiger partial charge in [-0.2, -0.15) is 4.31 Å². The molecule has 3 heterocycles. The summed E-state index contributed by atoms with van der Waals surface area (Å²) in [5.41, 5.74) is 3.57. The number of hydrogen-bond donors (Lipinski definition) is 2. The number of anilines is 1. The standard InChI is InChI=1S/C28H30N4O6S2/c1-3-38-28(35)31-14-13-22-23(17-31)39-27(24(22)26(34)29-2)30-25(33)19-8-10-21(11-9-19)40(36,37)32-15-12-18-6-4-5-7-20(18)16-32/h4-11H,3,12-17H2,1-2H3,(H,29,34)(H,30,33). The zero-order chi connectivity index (χ0) is 28.4. The largest absolute Gasteiger partial charge is 0.450 e. The Hall–Kier alpha value is -3.74. The molecule has 0 fully saturated rings. The lowest BCUT2D eigenvalue weighted by molar-refractivity contribution is 0.0961. The number of benzene rings is 2. The van der Waals surface area contributed by atoms with Crippen molar-refractivity contribution in [3.05, 3.63) is 81.2 Å². The summed E-state index contributed by atoms with van der Waals surface area (Å²) in [6.07, 6.45) is 0.681. The summed E-state index contributed by atoms with van der Waals surface area (Å²) >= 11 is 1.24. The van der Waals surface area contributed by atoms with Gasteiger partial charge in [-0.05, 0) is 60.7 Å². The molecule has 2 aliphatic heterocycles. The second-order valence-corrected chi connectivity index (χ2v) is 12.5. The summed E-state index contributed by atoms with van der Waals surface area (Å²) in [6.45, 7) is 3.39. The highest BCUT2D eigenvalue weighted by atomic mass is 32.2. The Bertz CT molecular complexity index is 1570. The van der Waals surface area contributed by atoms with Crippen LogP contribution in [0.4, 0.5) is 9.80 Å². The zero-order valence-corrected chi connectivity index (χ0v) is 23.9. The SMILES string of the molecule is CCOC(=O)N1CCc2c(sc(NC(=O)c3ccc(S(=O)(=O)N4CCc5ccccc5C4)cc3)c2C(=O)NC)C1. The van der Waals surface area contributed by atoms with E-state index in [1.54, 1.807) is 11.8 Å². The molecular weight excluding hydrogens is 552 g/mol. The second kappa shape index (κ2) is 11.4. The number of hydrogen-bond acceptors (Lipinski definition) is 7. The summed E-state index contributed by atoms with van der Waals surface area (Å²) < 4.78 is 33.2. The number of carbonyl (C=O) groups is 3. The van der Waals surface area contributed by atoms with E-state index < -0.39 is 22.0 Å². The Labute approximate surface area is 237 Å². The van der Waals surface area contributed by atoms with E-state index in [2.05, 4.69) is 10.6 Å². The van der Waals surface area contributed by atoms with Crippen LogP contribution in [0.5, 0.6) is 0 Å². The molecule has 3 amide bonds. The number of nitrogens with one attached hydrogen (secondary N) is 2. The van der Waals surface area contributed by atoms with E-state index in [1.807, 2.05) is 24.3 Å². The van der Waals surface area contributed by atoms with E-state index in [9.17, 15) is 22.8 Å². The van der Waals surface area contributed by atoms with Crippen molar-refractivity contribution in [2.24, 2.45) is 0 Å². The first kappa shape index (κ1) is 27.8. The Morgan fingerprint density at radius 3 is 2.38 bits per heavy atom. The summed E-state index contributed by atoms with van der Waals surface area (Å²) in [5.74, 6) is -0.802. The molecule has 5 rings (SSSR count). The average molecular weight is 583 g/mol. The fourth-order valence-corrected chi connectivity index (χ4v) is 7.68. The smallest absolute Gasteiger partial charge is 0.410 e. The highest BCUT2D eigenvalue weighted by Gasteiger charge is 2.31. The van der Waals surface area contributed by atoms with Crippen molar-refractivity contribution in [2.75, 3.05) is 32.1 Å². The Kier molecular flexibility index (Phi) is 7.92. The molecule has 1 aromatic heterocycles. The number of thiophene rings is 1. The summed E-state index contributed by atoms with van der Waals surface area (Å²) in [6, 6.07) is 13.6. The number of sulfonamides is 1. The van der Waals surface area contributed by atoms with Crippen molar-refractivity contribution in [3.8, 4) is 0 Å². The maximum Gasteiger partial charge on any atom is 0.410 e. The first-order chi connectivity index (χ1) is 19.2. The van der Waals surface area contributed by atoms with Gasteiger partial charge < -0.3 is 20.3 Å². The van der Waals surface area contributed by atoms with E-state index in [0.29, 0.717) is 43.0 Å². The topological polar surface area (TPSA) is 125 Å². The van der Waals surface area contributed by atoms with Crippen LogP contribution in [0.2, 0.25) is 0 Å². The van der Waals surface area contributed by atoms with Crippen molar-refractivity contribution in [1.82, 2.24) is 14.5 Å². The molecule has 0 aliphatic carbocycles. The van der Waals surface area contributed by atoms with Crippen molar-refractivity contribution in [2.45, 2.75) is 37.8 Å². The van der Waals surface area contributed by atoms with E-state index in [4.69, 9.17) is 4.74 Å². The van der Waals surface area contributed by atoms with Gasteiger partial charge in [0.15, 0.2) is 0 Å². The highest BCUT2D eigenvalue weighted by Crippen LogP contribution is 2.37. The minimum Gasteiger partial charge on any atom is -0.450 e. The third kappa shape index (κ3) is 5.34. The number of fused-ring (bicyclic) bond motifs is 2. The Balaban J connectivity index is 1.33. The van der Waals surface area contributed by atoms with Crippen LogP contribution in [0.1, 0.15) is 49.2 Å². The molecule has 3 aromatic rings. The van der Waals surface area contributed by atoms with Gasteiger partial charge in [0.2, 0.25) is 10.0 Å². The van der Waals surface area contributed by atoms with Crippen LogP contribution >= 0.6 is 11.3 Å². The van der Waals surface area contributed by atoms with Crippen LogP contribution in [-0.4, -0.2) is 62.3 Å². The summed E-state index contributed by atoms with van der Waals surface area (Å²) in [4.78, 5) is 40.6. The monoisotopic (exact) mass is 582 g/mol. The Morgan fingerprint density at radius 2 is 1.68 bits per heavy atom. The van der Waals surface area contributed by atoms with Crippen molar-refractivity contribution < 1.29 is 27.5 Å². The molecule has 0 atom stereocenters. The lowest BCUT2D eigenvalue weighted by Crippen LogP contribution is -2.36. The van der Waals surface area contributed by atoms with Gasteiger partial charge in [0.25, 0.3) is 11.8 Å². The number of rotatable bonds is 6. The van der Waals surface area contributed by atoms with E-state index in [0.717, 1.165) is 21.6 Å². The predicted molar refractivity (Wildman–Crippen MR) is 151 cm³/mol. The van der Waals surface area contributed by atoms with E-state index in [-0.39, 0.29) is 29.5 Å². The molecule has 12 heteroatoms. The van der Waals surface area contributed by atoms with Crippen molar-refractivity contribution in [3.63, 3.8) is 0 Å². The van der Waals surface area contributed by atoms with Crippen molar-refractivity contribution in [1.29, 1.82) is 0 Å². The molecular formula is C28H30N4O6S2. The molecule has 40 heavy (non-hydrogen) atoms. The molecule has 0 unspecified atom stereocenters. The molecule has 2 aliphatic rings. The predicted octanol–water partition coefficient (Wildman–Crippen LogP) is 3.62. The fraction of sp³-hybridized carbons (Fsp3) is 0.321. The van der Waals surface area contributed by atoms with Crippen LogP contribution in [0.25, 0.3) is 0 Å². The molecule has 2 aromatic carbocycles. The van der Waals surface area contributed by atoms with Crippen LogP contribution < -0.4 is 10.6 Å². The molecule has 10 nitrogen and oxygen atoms in total.